The summed E-state index contributed by atoms with van der Waals surface area (Å²) in [4.78, 5) is 7.22. The molecule has 1 saturated heterocycles. The zero-order valence-electron chi connectivity index (χ0n) is 19.9. The number of halogens is 1. The van der Waals surface area contributed by atoms with Gasteiger partial charge in [-0.1, -0.05) is 30.3 Å². The molecule has 182 valence electrons. The molecule has 1 aliphatic rings. The molecule has 8 heteroatoms. The summed E-state index contributed by atoms with van der Waals surface area (Å²) in [7, 11) is 3.31. The fourth-order valence-corrected chi connectivity index (χ4v) is 3.72. The van der Waals surface area contributed by atoms with E-state index in [4.69, 9.17) is 19.2 Å². The first-order valence-corrected chi connectivity index (χ1v) is 11.3. The second-order valence-electron chi connectivity index (χ2n) is 7.77. The third-order valence-electron chi connectivity index (χ3n) is 5.42. The molecule has 1 fully saturated rings. The molecule has 2 N–H and O–H groups in total. The Kier molecular flexibility index (Phi) is 12.3. The predicted octanol–water partition coefficient (Wildman–Crippen LogP) is 3.45. The van der Waals surface area contributed by atoms with Crippen molar-refractivity contribution in [3.63, 3.8) is 0 Å². The van der Waals surface area contributed by atoms with Crippen LogP contribution in [-0.4, -0.2) is 64.5 Å². The molecule has 0 radical (unpaired) electrons. The Labute approximate surface area is 214 Å². The lowest BCUT2D eigenvalue weighted by Gasteiger charge is -2.26. The smallest absolute Gasteiger partial charge is 0.191 e. The maximum Gasteiger partial charge on any atom is 0.191 e. The fraction of sp³-hybridized carbons (Fsp3) is 0.480. The maximum absolute atomic E-state index is 5.45. The van der Waals surface area contributed by atoms with Crippen molar-refractivity contribution in [2.24, 2.45) is 4.99 Å². The summed E-state index contributed by atoms with van der Waals surface area (Å²) in [6, 6.07) is 14.7. The highest BCUT2D eigenvalue weighted by Crippen LogP contribution is 2.27. The zero-order chi connectivity index (χ0) is 22.6. The summed E-state index contributed by atoms with van der Waals surface area (Å²) in [5.74, 6) is 2.32. The highest BCUT2D eigenvalue weighted by molar-refractivity contribution is 14.0. The molecule has 33 heavy (non-hydrogen) atoms. The van der Waals surface area contributed by atoms with Crippen molar-refractivity contribution in [1.82, 2.24) is 15.5 Å². The van der Waals surface area contributed by atoms with Crippen molar-refractivity contribution in [2.45, 2.75) is 26.4 Å². The van der Waals surface area contributed by atoms with Crippen molar-refractivity contribution in [1.29, 1.82) is 0 Å². The normalized spacial score (nSPS) is 14.3. The molecular weight excluding hydrogens is 531 g/mol. The van der Waals surface area contributed by atoms with E-state index in [1.807, 2.05) is 12.1 Å². The number of ether oxygens (including phenoxy) is 3. The second-order valence-corrected chi connectivity index (χ2v) is 7.77. The van der Waals surface area contributed by atoms with Gasteiger partial charge in [0.15, 0.2) is 17.5 Å². The third-order valence-corrected chi connectivity index (χ3v) is 5.42. The van der Waals surface area contributed by atoms with Crippen LogP contribution < -0.4 is 20.1 Å². The molecule has 0 bridgehead atoms. The zero-order valence-corrected chi connectivity index (χ0v) is 22.3. The molecule has 0 amide bonds. The van der Waals surface area contributed by atoms with E-state index >= 15 is 0 Å². The maximum atomic E-state index is 5.45. The van der Waals surface area contributed by atoms with Crippen molar-refractivity contribution < 1.29 is 14.2 Å². The first-order valence-electron chi connectivity index (χ1n) is 11.3. The Morgan fingerprint density at radius 1 is 0.970 bits per heavy atom. The molecular formula is C25H37IN4O3. The molecule has 0 aliphatic carbocycles. The van der Waals surface area contributed by atoms with Crippen molar-refractivity contribution in [3.8, 4) is 11.5 Å². The molecule has 2 aromatic rings. The van der Waals surface area contributed by atoms with Gasteiger partial charge < -0.3 is 24.8 Å². The van der Waals surface area contributed by atoms with E-state index in [-0.39, 0.29) is 24.0 Å². The van der Waals surface area contributed by atoms with Crippen LogP contribution in [0.2, 0.25) is 0 Å². The molecule has 2 aromatic carbocycles. The van der Waals surface area contributed by atoms with Crippen molar-refractivity contribution >= 4 is 29.9 Å². The molecule has 1 aliphatic heterocycles. The van der Waals surface area contributed by atoms with Gasteiger partial charge in [0.05, 0.1) is 34.0 Å². The van der Waals surface area contributed by atoms with Gasteiger partial charge in [-0.2, -0.15) is 0 Å². The molecule has 0 atom stereocenters. The molecule has 3 rings (SSSR count). The second kappa shape index (κ2) is 15.0. The fourth-order valence-electron chi connectivity index (χ4n) is 3.72. The van der Waals surface area contributed by atoms with E-state index in [0.29, 0.717) is 6.54 Å². The van der Waals surface area contributed by atoms with E-state index in [1.54, 1.807) is 14.2 Å². The molecule has 7 nitrogen and oxygen atoms in total. The average Bonchev–Trinajstić information content (AvgIpc) is 2.83. The number of methoxy groups -OCH3 is 2. The van der Waals surface area contributed by atoms with Crippen LogP contribution in [-0.2, 0) is 24.2 Å². The topological polar surface area (TPSA) is 67.4 Å². The predicted molar refractivity (Wildman–Crippen MR) is 144 cm³/mol. The number of rotatable bonds is 10. The van der Waals surface area contributed by atoms with Crippen LogP contribution >= 0.6 is 24.0 Å². The summed E-state index contributed by atoms with van der Waals surface area (Å²) in [6.45, 7) is 8.92. The summed E-state index contributed by atoms with van der Waals surface area (Å²) in [6.07, 6.45) is 0.861. The molecule has 0 aromatic heterocycles. The van der Waals surface area contributed by atoms with Gasteiger partial charge >= 0.3 is 0 Å². The van der Waals surface area contributed by atoms with E-state index in [1.165, 1.54) is 16.7 Å². The lowest BCUT2D eigenvalue weighted by molar-refractivity contribution is 0.0342. The van der Waals surface area contributed by atoms with E-state index in [0.717, 1.165) is 69.8 Å². The Balaban J connectivity index is 0.00000385. The lowest BCUT2D eigenvalue weighted by Crippen LogP contribution is -2.38. The van der Waals surface area contributed by atoms with Crippen LogP contribution in [0.5, 0.6) is 11.5 Å². The van der Waals surface area contributed by atoms with Crippen molar-refractivity contribution in [3.05, 3.63) is 59.2 Å². The number of hydrogen-bond acceptors (Lipinski definition) is 5. The quantitative estimate of drug-likeness (QED) is 0.260. The number of nitrogens with zero attached hydrogens (tertiary/aromatic N) is 2. The van der Waals surface area contributed by atoms with Crippen LogP contribution in [0, 0.1) is 0 Å². The summed E-state index contributed by atoms with van der Waals surface area (Å²) >= 11 is 0. The minimum Gasteiger partial charge on any atom is -0.493 e. The van der Waals surface area contributed by atoms with Gasteiger partial charge in [-0.15, -0.1) is 24.0 Å². The highest BCUT2D eigenvalue weighted by atomic mass is 127. The van der Waals surface area contributed by atoms with Gasteiger partial charge in [-0.05, 0) is 42.2 Å². The van der Waals surface area contributed by atoms with Crippen LogP contribution in [0.1, 0.15) is 23.6 Å². The SMILES string of the molecule is CCNC(=NCc1cccc(CN2CCOCC2)c1)NCCc1ccc(OC)c(OC)c1.I. The lowest BCUT2D eigenvalue weighted by atomic mass is 10.1. The van der Waals surface area contributed by atoms with Gasteiger partial charge in [0, 0.05) is 32.7 Å². The van der Waals surface area contributed by atoms with Crippen molar-refractivity contribution in [2.75, 3.05) is 53.6 Å². The number of nitrogens with one attached hydrogen (secondary N) is 2. The number of hydrogen-bond donors (Lipinski definition) is 2. The Bertz CT molecular complexity index is 872. The monoisotopic (exact) mass is 568 g/mol. The van der Waals surface area contributed by atoms with E-state index in [9.17, 15) is 0 Å². The minimum atomic E-state index is 0. The number of morpholine rings is 1. The standard InChI is InChI=1S/C25H36N4O3.HI/c1-4-26-25(27-11-10-20-8-9-23(30-2)24(17-20)31-3)28-18-21-6-5-7-22(16-21)19-29-12-14-32-15-13-29;/h5-9,16-17H,4,10-15,18-19H2,1-3H3,(H2,26,27,28);1H. The first kappa shape index (κ1) is 27.2. The first-order chi connectivity index (χ1) is 15.7. The van der Waals surface area contributed by atoms with Gasteiger partial charge in [0.1, 0.15) is 0 Å². The number of benzene rings is 2. The minimum absolute atomic E-state index is 0. The molecule has 0 unspecified atom stereocenters. The van der Waals surface area contributed by atoms with Gasteiger partial charge in [-0.3, -0.25) is 4.90 Å². The summed E-state index contributed by atoms with van der Waals surface area (Å²) in [5.41, 5.74) is 3.72. The summed E-state index contributed by atoms with van der Waals surface area (Å²) < 4.78 is 16.2. The Morgan fingerprint density at radius 3 is 2.45 bits per heavy atom. The third kappa shape index (κ3) is 9.02. The molecule has 0 saturated carbocycles. The summed E-state index contributed by atoms with van der Waals surface area (Å²) in [5, 5.41) is 6.76. The van der Waals surface area contributed by atoms with Gasteiger partial charge in [0.2, 0.25) is 0 Å². The Morgan fingerprint density at radius 2 is 1.73 bits per heavy atom. The van der Waals surface area contributed by atoms with Gasteiger partial charge in [-0.25, -0.2) is 4.99 Å². The van der Waals surface area contributed by atoms with E-state index < -0.39 is 0 Å². The van der Waals surface area contributed by atoms with Crippen LogP contribution in [0.25, 0.3) is 0 Å². The highest BCUT2D eigenvalue weighted by Gasteiger charge is 2.11. The largest absolute Gasteiger partial charge is 0.493 e. The molecule has 1 heterocycles. The van der Waals surface area contributed by atoms with Crippen LogP contribution in [0.3, 0.4) is 0 Å². The van der Waals surface area contributed by atoms with Crippen LogP contribution in [0.4, 0.5) is 0 Å². The molecule has 0 spiro atoms. The number of guanidine groups is 1. The Hall–Kier alpha value is -2.04. The average molecular weight is 569 g/mol. The number of aliphatic imine (C=N–C) groups is 1. The van der Waals surface area contributed by atoms with Crippen LogP contribution in [0.15, 0.2) is 47.5 Å². The van der Waals surface area contributed by atoms with E-state index in [2.05, 4.69) is 52.8 Å². The van der Waals surface area contributed by atoms with Gasteiger partial charge in [0.25, 0.3) is 0 Å².